The number of benzene rings is 2. The standard InChI is InChI=1S/C33H44N2O6/c1-21(39-22(2)37)30(38)34-26-8-6-7-25(13-26)31-40-28(14-29(41-31)24-11-9-23(18-36)10-12-24)17-35-20-33(5)16-27(35)15-32(3,4)19-33/h6-13,21,27-29,31,36H,14-20H2,1-5H3,(H,34,38)/t21-,27?,28-,29+,31+,33?/m0/s1. The number of likely N-dealkylation sites (tertiary alicyclic amines) is 1. The van der Waals surface area contributed by atoms with Gasteiger partial charge in [0, 0.05) is 43.7 Å². The van der Waals surface area contributed by atoms with Crippen molar-refractivity contribution in [3.05, 3.63) is 65.2 Å². The predicted molar refractivity (Wildman–Crippen MR) is 156 cm³/mol. The van der Waals surface area contributed by atoms with Crippen molar-refractivity contribution in [3.8, 4) is 0 Å². The number of carbonyl (C=O) groups excluding carboxylic acids is 2. The monoisotopic (exact) mass is 564 g/mol. The second-order valence-corrected chi connectivity index (χ2v) is 13.4. The summed E-state index contributed by atoms with van der Waals surface area (Å²) in [7, 11) is 0. The topological polar surface area (TPSA) is 97.3 Å². The number of hydrogen-bond acceptors (Lipinski definition) is 7. The van der Waals surface area contributed by atoms with Crippen LogP contribution >= 0.6 is 0 Å². The van der Waals surface area contributed by atoms with E-state index in [9.17, 15) is 14.7 Å². The number of aliphatic hydroxyl groups excluding tert-OH is 1. The van der Waals surface area contributed by atoms with Crippen LogP contribution in [0.4, 0.5) is 5.69 Å². The lowest BCUT2D eigenvalue weighted by molar-refractivity contribution is -0.253. The molecule has 8 nitrogen and oxygen atoms in total. The summed E-state index contributed by atoms with van der Waals surface area (Å²) in [6, 6.07) is 15.9. The summed E-state index contributed by atoms with van der Waals surface area (Å²) in [4.78, 5) is 26.5. The number of anilines is 1. The lowest BCUT2D eigenvalue weighted by Gasteiger charge is -2.41. The van der Waals surface area contributed by atoms with Crippen LogP contribution in [0.2, 0.25) is 0 Å². The molecule has 2 aliphatic heterocycles. The van der Waals surface area contributed by atoms with Gasteiger partial charge in [0.15, 0.2) is 12.4 Å². The molecule has 1 amide bonds. The quantitative estimate of drug-likeness (QED) is 0.408. The number of nitrogens with one attached hydrogen (secondary N) is 1. The third-order valence-electron chi connectivity index (χ3n) is 8.71. The Balaban J connectivity index is 1.35. The molecule has 6 atom stereocenters. The number of aliphatic hydroxyl groups is 1. The minimum atomic E-state index is -0.902. The van der Waals surface area contributed by atoms with Crippen molar-refractivity contribution in [2.45, 2.75) is 97.6 Å². The maximum Gasteiger partial charge on any atom is 0.303 e. The van der Waals surface area contributed by atoms with E-state index < -0.39 is 24.3 Å². The first-order valence-electron chi connectivity index (χ1n) is 14.7. The van der Waals surface area contributed by atoms with E-state index in [1.54, 1.807) is 13.0 Å². The van der Waals surface area contributed by atoms with Crippen LogP contribution in [0.25, 0.3) is 0 Å². The van der Waals surface area contributed by atoms with Gasteiger partial charge in [0.05, 0.1) is 18.8 Å². The molecule has 2 aromatic rings. The molecule has 8 heteroatoms. The molecule has 0 spiro atoms. The molecule has 5 rings (SSSR count). The summed E-state index contributed by atoms with van der Waals surface area (Å²) < 4.78 is 18.2. The number of ether oxygens (including phenoxy) is 3. The number of nitrogens with zero attached hydrogens (tertiary/aromatic N) is 1. The van der Waals surface area contributed by atoms with Gasteiger partial charge < -0.3 is 24.6 Å². The molecule has 0 aromatic heterocycles. The highest BCUT2D eigenvalue weighted by Crippen LogP contribution is 2.53. The molecule has 2 unspecified atom stereocenters. The Hall–Kier alpha value is -2.78. The molecule has 1 aliphatic carbocycles. The maximum atomic E-state index is 12.6. The molecule has 222 valence electrons. The average Bonchev–Trinajstić information content (AvgIpc) is 3.15. The van der Waals surface area contributed by atoms with Crippen molar-refractivity contribution in [3.63, 3.8) is 0 Å². The van der Waals surface area contributed by atoms with E-state index in [2.05, 4.69) is 31.0 Å². The first-order chi connectivity index (χ1) is 19.4. The Labute approximate surface area is 243 Å². The molecule has 0 radical (unpaired) electrons. The number of esters is 1. The highest BCUT2D eigenvalue weighted by molar-refractivity contribution is 5.95. The highest BCUT2D eigenvalue weighted by Gasteiger charge is 2.50. The van der Waals surface area contributed by atoms with Gasteiger partial charge in [-0.25, -0.2) is 0 Å². The van der Waals surface area contributed by atoms with Gasteiger partial charge in [-0.3, -0.25) is 14.5 Å². The highest BCUT2D eigenvalue weighted by atomic mass is 16.7. The van der Waals surface area contributed by atoms with E-state index in [-0.39, 0.29) is 18.8 Å². The number of amides is 1. The van der Waals surface area contributed by atoms with Crippen LogP contribution < -0.4 is 5.32 Å². The van der Waals surface area contributed by atoms with Crippen LogP contribution in [0, 0.1) is 10.8 Å². The Kier molecular flexibility index (Phi) is 8.58. The van der Waals surface area contributed by atoms with Crippen molar-refractivity contribution in [2.75, 3.05) is 18.4 Å². The minimum absolute atomic E-state index is 0.000214. The summed E-state index contributed by atoms with van der Waals surface area (Å²) in [6.45, 7) is 12.0. The fraction of sp³-hybridized carbons (Fsp3) is 0.576. The number of hydrogen-bond donors (Lipinski definition) is 2. The maximum absolute atomic E-state index is 12.6. The van der Waals surface area contributed by atoms with E-state index in [1.165, 1.54) is 26.2 Å². The molecule has 41 heavy (non-hydrogen) atoms. The van der Waals surface area contributed by atoms with Gasteiger partial charge in [0.25, 0.3) is 5.91 Å². The number of carbonyl (C=O) groups is 2. The Morgan fingerprint density at radius 2 is 1.85 bits per heavy atom. The molecule has 1 saturated carbocycles. The van der Waals surface area contributed by atoms with Gasteiger partial charge in [-0.15, -0.1) is 0 Å². The second kappa shape index (κ2) is 11.8. The Bertz CT molecular complexity index is 1250. The summed E-state index contributed by atoms with van der Waals surface area (Å²) in [5.74, 6) is -0.909. The van der Waals surface area contributed by atoms with Crippen molar-refractivity contribution < 1.29 is 28.9 Å². The van der Waals surface area contributed by atoms with Gasteiger partial charge in [-0.1, -0.05) is 57.2 Å². The fourth-order valence-electron chi connectivity index (χ4n) is 7.39. The van der Waals surface area contributed by atoms with E-state index in [0.29, 0.717) is 22.6 Å². The smallest absolute Gasteiger partial charge is 0.303 e. The van der Waals surface area contributed by atoms with Gasteiger partial charge in [0.1, 0.15) is 0 Å². The summed E-state index contributed by atoms with van der Waals surface area (Å²) in [5.41, 5.74) is 3.98. The molecular formula is C33H44N2O6. The lowest BCUT2D eigenvalue weighted by atomic mass is 9.65. The fourth-order valence-corrected chi connectivity index (χ4v) is 7.39. The SMILES string of the molecule is CC(=O)O[C@@H](C)C(=O)Nc1cccc([C@@H]2O[C@H](CN3CC4(C)CC3CC(C)(C)C4)C[C@H](c3ccc(CO)cc3)O2)c1. The molecule has 2 saturated heterocycles. The largest absolute Gasteiger partial charge is 0.453 e. The number of rotatable bonds is 8. The van der Waals surface area contributed by atoms with Crippen LogP contribution in [0.3, 0.4) is 0 Å². The molecule has 2 aromatic carbocycles. The van der Waals surface area contributed by atoms with Crippen LogP contribution in [0.5, 0.6) is 0 Å². The predicted octanol–water partition coefficient (Wildman–Crippen LogP) is 5.52. The van der Waals surface area contributed by atoms with Crippen LogP contribution in [-0.4, -0.2) is 53.2 Å². The zero-order valence-electron chi connectivity index (χ0n) is 24.9. The van der Waals surface area contributed by atoms with E-state index in [1.807, 2.05) is 42.5 Å². The Morgan fingerprint density at radius 3 is 2.56 bits per heavy atom. The van der Waals surface area contributed by atoms with E-state index in [0.717, 1.165) is 36.2 Å². The van der Waals surface area contributed by atoms with Gasteiger partial charge in [-0.05, 0) is 60.3 Å². The van der Waals surface area contributed by atoms with Crippen molar-refractivity contribution in [2.24, 2.45) is 10.8 Å². The van der Waals surface area contributed by atoms with Gasteiger partial charge in [-0.2, -0.15) is 0 Å². The zero-order valence-corrected chi connectivity index (χ0v) is 24.9. The van der Waals surface area contributed by atoms with Gasteiger partial charge >= 0.3 is 5.97 Å². The molecule has 2 N–H and O–H groups in total. The summed E-state index contributed by atoms with van der Waals surface area (Å²) in [5, 5.41) is 12.3. The molecular weight excluding hydrogens is 520 g/mol. The third-order valence-corrected chi connectivity index (χ3v) is 8.71. The minimum Gasteiger partial charge on any atom is -0.453 e. The first kappa shape index (κ1) is 29.7. The van der Waals surface area contributed by atoms with Crippen molar-refractivity contribution in [1.82, 2.24) is 4.90 Å². The average molecular weight is 565 g/mol. The van der Waals surface area contributed by atoms with E-state index in [4.69, 9.17) is 14.2 Å². The van der Waals surface area contributed by atoms with E-state index >= 15 is 0 Å². The summed E-state index contributed by atoms with van der Waals surface area (Å²) in [6.07, 6.45) is 2.69. The second-order valence-electron chi connectivity index (χ2n) is 13.4. The molecule has 3 fully saturated rings. The molecule has 2 heterocycles. The molecule has 3 aliphatic rings. The summed E-state index contributed by atoms with van der Waals surface area (Å²) >= 11 is 0. The number of fused-ring (bicyclic) bond motifs is 2. The zero-order chi connectivity index (χ0) is 29.4. The molecule has 2 bridgehead atoms. The van der Waals surface area contributed by atoms with Crippen LogP contribution in [-0.2, 0) is 30.4 Å². The van der Waals surface area contributed by atoms with Crippen LogP contribution in [0.15, 0.2) is 48.5 Å². The van der Waals surface area contributed by atoms with Crippen molar-refractivity contribution >= 4 is 17.6 Å². The third kappa shape index (κ3) is 7.17. The lowest BCUT2D eigenvalue weighted by Crippen LogP contribution is -2.42. The van der Waals surface area contributed by atoms with Crippen LogP contribution in [0.1, 0.15) is 89.4 Å². The van der Waals surface area contributed by atoms with Crippen molar-refractivity contribution in [1.29, 1.82) is 0 Å². The first-order valence-corrected chi connectivity index (χ1v) is 14.7. The van der Waals surface area contributed by atoms with Gasteiger partial charge in [0.2, 0.25) is 0 Å². The Morgan fingerprint density at radius 1 is 1.10 bits per heavy atom. The normalized spacial score (nSPS) is 30.0.